The van der Waals surface area contributed by atoms with Crippen molar-refractivity contribution in [1.82, 2.24) is 10.1 Å². The Kier molecular flexibility index (Phi) is 4.80. The van der Waals surface area contributed by atoms with Crippen LogP contribution in [-0.4, -0.2) is 23.0 Å². The van der Waals surface area contributed by atoms with Gasteiger partial charge in [-0.25, -0.2) is 0 Å². The number of piperidine rings is 1. The Labute approximate surface area is 138 Å². The first kappa shape index (κ1) is 16.8. The molecule has 0 bridgehead atoms. The standard InChI is InChI=1S/C17H19F3N2O2/c1-12-10-15(21-24-12)16-4-2-3-9-22(16)11-13-5-7-14(8-6-13)23-17(18,19)20/h5-8,10,16H,2-4,9,11H2,1H3. The van der Waals surface area contributed by atoms with Crippen molar-refractivity contribution in [2.75, 3.05) is 6.54 Å². The van der Waals surface area contributed by atoms with Crippen LogP contribution in [0.25, 0.3) is 0 Å². The number of halogens is 3. The largest absolute Gasteiger partial charge is 0.573 e. The summed E-state index contributed by atoms with van der Waals surface area (Å²) in [7, 11) is 0. The second-order valence-corrected chi connectivity index (χ2v) is 6.04. The summed E-state index contributed by atoms with van der Waals surface area (Å²) in [6.45, 7) is 3.45. The average Bonchev–Trinajstić information content (AvgIpc) is 2.95. The highest BCUT2D eigenvalue weighted by Crippen LogP contribution is 2.32. The molecule has 1 unspecified atom stereocenters. The molecule has 2 heterocycles. The molecule has 0 saturated carbocycles. The van der Waals surface area contributed by atoms with Gasteiger partial charge in [-0.3, -0.25) is 4.90 Å². The summed E-state index contributed by atoms with van der Waals surface area (Å²) in [6, 6.07) is 8.16. The molecule has 1 aromatic heterocycles. The lowest BCUT2D eigenvalue weighted by molar-refractivity contribution is -0.274. The van der Waals surface area contributed by atoms with Crippen molar-refractivity contribution in [3.05, 3.63) is 47.3 Å². The molecule has 1 atom stereocenters. The third-order valence-corrected chi connectivity index (χ3v) is 4.14. The third-order valence-electron chi connectivity index (χ3n) is 4.14. The highest BCUT2D eigenvalue weighted by Gasteiger charge is 2.31. The SMILES string of the molecule is Cc1cc(C2CCCCN2Cc2ccc(OC(F)(F)F)cc2)no1. The lowest BCUT2D eigenvalue weighted by atomic mass is 9.98. The molecule has 0 aliphatic carbocycles. The van der Waals surface area contributed by atoms with Gasteiger partial charge in [0.1, 0.15) is 17.2 Å². The van der Waals surface area contributed by atoms with Crippen LogP contribution in [0.2, 0.25) is 0 Å². The quantitative estimate of drug-likeness (QED) is 0.815. The Morgan fingerprint density at radius 2 is 2.00 bits per heavy atom. The number of hydrogen-bond donors (Lipinski definition) is 0. The number of aryl methyl sites for hydroxylation is 1. The van der Waals surface area contributed by atoms with Gasteiger partial charge < -0.3 is 9.26 Å². The van der Waals surface area contributed by atoms with E-state index in [0.29, 0.717) is 6.54 Å². The fourth-order valence-corrected chi connectivity index (χ4v) is 3.09. The molecule has 7 heteroatoms. The maximum Gasteiger partial charge on any atom is 0.573 e. The molecule has 0 N–H and O–H groups in total. The number of likely N-dealkylation sites (tertiary alicyclic amines) is 1. The highest BCUT2D eigenvalue weighted by molar-refractivity contribution is 5.27. The third kappa shape index (κ3) is 4.29. The molecule has 1 fully saturated rings. The monoisotopic (exact) mass is 340 g/mol. The zero-order valence-corrected chi connectivity index (χ0v) is 13.3. The average molecular weight is 340 g/mol. The molecule has 0 spiro atoms. The summed E-state index contributed by atoms with van der Waals surface area (Å²) < 4.78 is 45.7. The van der Waals surface area contributed by atoms with Crippen molar-refractivity contribution < 1.29 is 22.4 Å². The summed E-state index contributed by atoms with van der Waals surface area (Å²) in [5, 5.41) is 4.12. The Morgan fingerprint density at radius 3 is 2.62 bits per heavy atom. The molecule has 24 heavy (non-hydrogen) atoms. The molecule has 1 saturated heterocycles. The number of alkyl halides is 3. The second kappa shape index (κ2) is 6.84. The predicted octanol–water partition coefficient (Wildman–Crippen LogP) is 4.61. The Bertz CT molecular complexity index is 667. The molecule has 1 aliphatic heterocycles. The Morgan fingerprint density at radius 1 is 1.25 bits per heavy atom. The van der Waals surface area contributed by atoms with E-state index >= 15 is 0 Å². The molecule has 0 amide bonds. The molecule has 3 rings (SSSR count). The van der Waals surface area contributed by atoms with E-state index in [2.05, 4.69) is 14.8 Å². The number of nitrogens with zero attached hydrogens (tertiary/aromatic N) is 2. The van der Waals surface area contributed by atoms with Gasteiger partial charge >= 0.3 is 6.36 Å². The van der Waals surface area contributed by atoms with Crippen LogP contribution in [0.4, 0.5) is 13.2 Å². The van der Waals surface area contributed by atoms with Gasteiger partial charge in [0.2, 0.25) is 0 Å². The first-order valence-corrected chi connectivity index (χ1v) is 7.93. The predicted molar refractivity (Wildman–Crippen MR) is 81.4 cm³/mol. The van der Waals surface area contributed by atoms with Crippen molar-refractivity contribution in [3.63, 3.8) is 0 Å². The molecule has 2 aromatic rings. The van der Waals surface area contributed by atoms with Crippen LogP contribution in [0.5, 0.6) is 5.75 Å². The van der Waals surface area contributed by atoms with Gasteiger partial charge in [0, 0.05) is 12.6 Å². The topological polar surface area (TPSA) is 38.5 Å². The first-order valence-electron chi connectivity index (χ1n) is 7.93. The smallest absolute Gasteiger partial charge is 0.406 e. The zero-order chi connectivity index (χ0) is 17.2. The van der Waals surface area contributed by atoms with Gasteiger partial charge in [0.15, 0.2) is 0 Å². The van der Waals surface area contributed by atoms with Crippen LogP contribution < -0.4 is 4.74 Å². The summed E-state index contributed by atoms with van der Waals surface area (Å²) in [5.41, 5.74) is 1.86. The minimum atomic E-state index is -4.66. The molecule has 4 nitrogen and oxygen atoms in total. The summed E-state index contributed by atoms with van der Waals surface area (Å²) in [5.74, 6) is 0.581. The van der Waals surface area contributed by atoms with Gasteiger partial charge in [0.05, 0.1) is 6.04 Å². The van der Waals surface area contributed by atoms with Crippen LogP contribution in [0.3, 0.4) is 0 Å². The van der Waals surface area contributed by atoms with Crippen molar-refractivity contribution in [2.45, 2.75) is 45.1 Å². The minimum Gasteiger partial charge on any atom is -0.406 e. The number of rotatable bonds is 4. The van der Waals surface area contributed by atoms with E-state index in [1.54, 1.807) is 12.1 Å². The van der Waals surface area contributed by atoms with Gasteiger partial charge in [0.25, 0.3) is 0 Å². The number of ether oxygens (including phenoxy) is 1. The zero-order valence-electron chi connectivity index (χ0n) is 13.3. The fraction of sp³-hybridized carbons (Fsp3) is 0.471. The lowest BCUT2D eigenvalue weighted by Crippen LogP contribution is -2.33. The maximum absolute atomic E-state index is 12.2. The van der Waals surface area contributed by atoms with E-state index in [-0.39, 0.29) is 11.8 Å². The van der Waals surface area contributed by atoms with E-state index in [4.69, 9.17) is 4.52 Å². The first-order chi connectivity index (χ1) is 11.4. The molecule has 0 radical (unpaired) electrons. The van der Waals surface area contributed by atoms with E-state index in [1.807, 2.05) is 13.0 Å². The van der Waals surface area contributed by atoms with Gasteiger partial charge in [-0.1, -0.05) is 23.7 Å². The van der Waals surface area contributed by atoms with Crippen LogP contribution >= 0.6 is 0 Å². The van der Waals surface area contributed by atoms with Crippen molar-refractivity contribution in [3.8, 4) is 5.75 Å². The van der Waals surface area contributed by atoms with E-state index in [0.717, 1.165) is 42.8 Å². The second-order valence-electron chi connectivity index (χ2n) is 6.04. The van der Waals surface area contributed by atoms with Crippen molar-refractivity contribution >= 4 is 0 Å². The van der Waals surface area contributed by atoms with E-state index in [1.165, 1.54) is 12.1 Å². The van der Waals surface area contributed by atoms with E-state index in [9.17, 15) is 13.2 Å². The summed E-state index contributed by atoms with van der Waals surface area (Å²) in [4.78, 5) is 2.29. The normalized spacial score (nSPS) is 19.4. The number of benzene rings is 1. The van der Waals surface area contributed by atoms with Gasteiger partial charge in [-0.2, -0.15) is 0 Å². The van der Waals surface area contributed by atoms with Crippen LogP contribution in [0.1, 0.15) is 42.3 Å². The molecule has 1 aromatic carbocycles. The summed E-state index contributed by atoms with van der Waals surface area (Å²) >= 11 is 0. The van der Waals surface area contributed by atoms with Gasteiger partial charge in [-0.15, -0.1) is 13.2 Å². The number of aromatic nitrogens is 1. The molecule has 1 aliphatic rings. The molecule has 130 valence electrons. The number of hydrogen-bond acceptors (Lipinski definition) is 4. The fourth-order valence-electron chi connectivity index (χ4n) is 3.09. The lowest BCUT2D eigenvalue weighted by Gasteiger charge is -2.34. The van der Waals surface area contributed by atoms with Gasteiger partial charge in [-0.05, 0) is 44.0 Å². The van der Waals surface area contributed by atoms with E-state index < -0.39 is 6.36 Å². The van der Waals surface area contributed by atoms with Crippen LogP contribution in [0, 0.1) is 6.92 Å². The van der Waals surface area contributed by atoms with Crippen molar-refractivity contribution in [1.29, 1.82) is 0 Å². The summed E-state index contributed by atoms with van der Waals surface area (Å²) in [6.07, 6.45) is -1.43. The molecular formula is C17H19F3N2O2. The highest BCUT2D eigenvalue weighted by atomic mass is 19.4. The molecular weight excluding hydrogens is 321 g/mol. The minimum absolute atomic E-state index is 0.183. The maximum atomic E-state index is 12.2. The Balaban J connectivity index is 1.69. The van der Waals surface area contributed by atoms with Crippen LogP contribution in [-0.2, 0) is 6.54 Å². The van der Waals surface area contributed by atoms with Crippen LogP contribution in [0.15, 0.2) is 34.9 Å². The van der Waals surface area contributed by atoms with Crippen molar-refractivity contribution in [2.24, 2.45) is 0 Å². The Hall–Kier alpha value is -2.02.